The zero-order valence-corrected chi connectivity index (χ0v) is 13.6. The molecule has 25 heavy (non-hydrogen) atoms. The number of phenolic OH excluding ortho intramolecular Hbond substituents is 1. The average Bonchev–Trinajstić information content (AvgIpc) is 2.64. The predicted molar refractivity (Wildman–Crippen MR) is 95.0 cm³/mol. The van der Waals surface area contributed by atoms with Crippen molar-refractivity contribution in [2.24, 2.45) is 0 Å². The molecule has 3 aromatic rings. The van der Waals surface area contributed by atoms with E-state index in [1.54, 1.807) is 24.4 Å². The van der Waals surface area contributed by atoms with Crippen LogP contribution in [0.15, 0.2) is 60.8 Å². The number of nitrogens with zero attached hydrogens (tertiary/aromatic N) is 1. The molecule has 2 heterocycles. The van der Waals surface area contributed by atoms with Crippen molar-refractivity contribution in [1.82, 2.24) is 4.98 Å². The van der Waals surface area contributed by atoms with Gasteiger partial charge < -0.3 is 20.3 Å². The van der Waals surface area contributed by atoms with Crippen molar-refractivity contribution in [3.05, 3.63) is 71.9 Å². The highest BCUT2D eigenvalue weighted by Gasteiger charge is 2.23. The highest BCUT2D eigenvalue weighted by atomic mass is 16.5. The van der Waals surface area contributed by atoms with Gasteiger partial charge in [-0.05, 0) is 48.7 Å². The van der Waals surface area contributed by atoms with Gasteiger partial charge in [0.2, 0.25) is 5.88 Å². The molecular weight excluding hydrogens is 316 g/mol. The van der Waals surface area contributed by atoms with Gasteiger partial charge in [-0.2, -0.15) is 0 Å². The van der Waals surface area contributed by atoms with E-state index in [1.165, 1.54) is 0 Å². The van der Waals surface area contributed by atoms with Crippen LogP contribution in [0.25, 0.3) is 0 Å². The van der Waals surface area contributed by atoms with Gasteiger partial charge >= 0.3 is 0 Å². The van der Waals surface area contributed by atoms with Crippen molar-refractivity contribution in [1.29, 1.82) is 0 Å². The van der Waals surface area contributed by atoms with Crippen LogP contribution in [0.4, 0.5) is 5.69 Å². The van der Waals surface area contributed by atoms with Crippen LogP contribution in [0.1, 0.15) is 23.7 Å². The summed E-state index contributed by atoms with van der Waals surface area (Å²) in [6.07, 6.45) is 3.07. The Bertz CT molecular complexity index is 894. The molecule has 0 radical (unpaired) electrons. The molecule has 4 rings (SSSR count). The summed E-state index contributed by atoms with van der Waals surface area (Å²) in [6.45, 7) is 0. The van der Waals surface area contributed by atoms with Crippen LogP contribution in [-0.4, -0.2) is 10.1 Å². The normalized spacial score (nSPS) is 15.9. The number of pyridine rings is 1. The summed E-state index contributed by atoms with van der Waals surface area (Å²) in [4.78, 5) is 4.14. The Morgan fingerprint density at radius 2 is 2.00 bits per heavy atom. The van der Waals surface area contributed by atoms with Crippen molar-refractivity contribution in [2.75, 3.05) is 5.73 Å². The van der Waals surface area contributed by atoms with Crippen LogP contribution in [0.5, 0.6) is 23.1 Å². The summed E-state index contributed by atoms with van der Waals surface area (Å²) in [5.74, 6) is 2.29. The fraction of sp³-hybridized carbons (Fsp3) is 0.150. The predicted octanol–water partition coefficient (Wildman–Crippen LogP) is 4.23. The first kappa shape index (κ1) is 15.3. The monoisotopic (exact) mass is 334 g/mol. The number of anilines is 1. The molecule has 0 saturated heterocycles. The SMILES string of the molecule is Nc1ccc(Oc2ccc3c(c2)CCC(c2ccccc2O)O3)nc1. The van der Waals surface area contributed by atoms with Crippen molar-refractivity contribution in [2.45, 2.75) is 18.9 Å². The molecule has 0 aliphatic carbocycles. The Balaban J connectivity index is 1.53. The second-order valence-electron chi connectivity index (χ2n) is 6.01. The van der Waals surface area contributed by atoms with Gasteiger partial charge in [-0.3, -0.25) is 0 Å². The molecular formula is C20H18N2O3. The maximum Gasteiger partial charge on any atom is 0.219 e. The minimum Gasteiger partial charge on any atom is -0.508 e. The molecule has 0 spiro atoms. The molecule has 126 valence electrons. The Kier molecular flexibility index (Phi) is 3.90. The molecule has 2 aromatic carbocycles. The highest BCUT2D eigenvalue weighted by molar-refractivity contribution is 5.45. The molecule has 3 N–H and O–H groups in total. The van der Waals surface area contributed by atoms with Gasteiger partial charge in [-0.15, -0.1) is 0 Å². The number of hydrogen-bond donors (Lipinski definition) is 2. The summed E-state index contributed by atoms with van der Waals surface area (Å²) >= 11 is 0. The molecule has 5 nitrogen and oxygen atoms in total. The summed E-state index contributed by atoms with van der Waals surface area (Å²) in [7, 11) is 0. The van der Waals surface area contributed by atoms with E-state index in [-0.39, 0.29) is 11.9 Å². The number of ether oxygens (including phenoxy) is 2. The number of nitrogen functional groups attached to an aromatic ring is 1. The summed E-state index contributed by atoms with van der Waals surface area (Å²) in [6, 6.07) is 16.5. The fourth-order valence-electron chi connectivity index (χ4n) is 2.98. The smallest absolute Gasteiger partial charge is 0.219 e. The van der Waals surface area contributed by atoms with Gasteiger partial charge in [0, 0.05) is 11.6 Å². The maximum atomic E-state index is 10.0. The Labute approximate surface area is 145 Å². The first-order valence-corrected chi connectivity index (χ1v) is 8.16. The number of aromatic nitrogens is 1. The van der Waals surface area contributed by atoms with E-state index in [0.717, 1.165) is 29.7 Å². The summed E-state index contributed by atoms with van der Waals surface area (Å²) in [5, 5.41) is 10.0. The van der Waals surface area contributed by atoms with E-state index < -0.39 is 0 Å². The molecule has 0 fully saturated rings. The lowest BCUT2D eigenvalue weighted by Crippen LogP contribution is -2.15. The minimum atomic E-state index is -0.140. The highest BCUT2D eigenvalue weighted by Crippen LogP contribution is 2.39. The first-order valence-electron chi connectivity index (χ1n) is 8.16. The third-order valence-electron chi connectivity index (χ3n) is 4.24. The topological polar surface area (TPSA) is 77.6 Å². The van der Waals surface area contributed by atoms with Crippen molar-refractivity contribution < 1.29 is 14.6 Å². The largest absolute Gasteiger partial charge is 0.508 e. The Morgan fingerprint density at radius 1 is 1.12 bits per heavy atom. The van der Waals surface area contributed by atoms with Crippen molar-refractivity contribution in [3.8, 4) is 23.1 Å². The van der Waals surface area contributed by atoms with E-state index in [1.807, 2.05) is 36.4 Å². The molecule has 0 saturated carbocycles. The van der Waals surface area contributed by atoms with Crippen LogP contribution < -0.4 is 15.2 Å². The Hall–Kier alpha value is -3.21. The molecule has 0 amide bonds. The van der Waals surface area contributed by atoms with Gasteiger partial charge in [-0.25, -0.2) is 4.98 Å². The fourth-order valence-corrected chi connectivity index (χ4v) is 2.98. The maximum absolute atomic E-state index is 10.0. The summed E-state index contributed by atoms with van der Waals surface area (Å²) in [5.41, 5.74) is 8.13. The molecule has 1 atom stereocenters. The van der Waals surface area contributed by atoms with Crippen LogP contribution >= 0.6 is 0 Å². The molecule has 1 aromatic heterocycles. The number of aryl methyl sites for hydroxylation is 1. The molecule has 5 heteroatoms. The molecule has 1 aliphatic rings. The van der Waals surface area contributed by atoms with E-state index in [0.29, 0.717) is 17.3 Å². The summed E-state index contributed by atoms with van der Waals surface area (Å²) < 4.78 is 11.8. The van der Waals surface area contributed by atoms with E-state index >= 15 is 0 Å². The van der Waals surface area contributed by atoms with E-state index in [4.69, 9.17) is 15.2 Å². The molecule has 1 unspecified atom stereocenters. The first-order chi connectivity index (χ1) is 12.2. The zero-order chi connectivity index (χ0) is 17.2. The number of rotatable bonds is 3. The van der Waals surface area contributed by atoms with Crippen molar-refractivity contribution >= 4 is 5.69 Å². The lowest BCUT2D eigenvalue weighted by molar-refractivity contribution is 0.172. The number of hydrogen-bond acceptors (Lipinski definition) is 5. The minimum absolute atomic E-state index is 0.140. The number of aromatic hydroxyl groups is 1. The van der Waals surface area contributed by atoms with Gasteiger partial charge in [0.25, 0.3) is 0 Å². The second kappa shape index (κ2) is 6.36. The molecule has 0 bridgehead atoms. The van der Waals surface area contributed by atoms with Crippen LogP contribution in [0.2, 0.25) is 0 Å². The number of nitrogens with two attached hydrogens (primary N) is 1. The van der Waals surface area contributed by atoms with Crippen LogP contribution in [-0.2, 0) is 6.42 Å². The van der Waals surface area contributed by atoms with Crippen LogP contribution in [0, 0.1) is 0 Å². The third kappa shape index (κ3) is 3.21. The standard InChI is InChI=1S/C20H18N2O3/c21-14-6-10-20(22-12-14)24-15-7-9-18-13(11-15)5-8-19(25-18)16-3-1-2-4-17(16)23/h1-4,6-7,9-12,19,23H,5,8,21H2. The quantitative estimate of drug-likeness (QED) is 0.749. The van der Waals surface area contributed by atoms with Gasteiger partial charge in [-0.1, -0.05) is 18.2 Å². The number of phenols is 1. The third-order valence-corrected chi connectivity index (χ3v) is 4.24. The zero-order valence-electron chi connectivity index (χ0n) is 13.6. The lowest BCUT2D eigenvalue weighted by Gasteiger charge is -2.27. The number of fused-ring (bicyclic) bond motifs is 1. The van der Waals surface area contributed by atoms with Gasteiger partial charge in [0.05, 0.1) is 11.9 Å². The lowest BCUT2D eigenvalue weighted by atomic mass is 9.97. The number of benzene rings is 2. The van der Waals surface area contributed by atoms with Gasteiger partial charge in [0.15, 0.2) is 0 Å². The number of para-hydroxylation sites is 1. The van der Waals surface area contributed by atoms with Crippen molar-refractivity contribution in [3.63, 3.8) is 0 Å². The van der Waals surface area contributed by atoms with Gasteiger partial charge in [0.1, 0.15) is 23.4 Å². The van der Waals surface area contributed by atoms with E-state index in [9.17, 15) is 5.11 Å². The van der Waals surface area contributed by atoms with Crippen LogP contribution in [0.3, 0.4) is 0 Å². The second-order valence-corrected chi connectivity index (χ2v) is 6.01. The van der Waals surface area contributed by atoms with E-state index in [2.05, 4.69) is 4.98 Å². The average molecular weight is 334 g/mol. The molecule has 1 aliphatic heterocycles. The Morgan fingerprint density at radius 3 is 2.80 bits per heavy atom.